The Kier molecular flexibility index (Phi) is 9.95. The van der Waals surface area contributed by atoms with Gasteiger partial charge in [0.2, 0.25) is 11.8 Å². The van der Waals surface area contributed by atoms with Gasteiger partial charge in [0, 0.05) is 19.4 Å². The van der Waals surface area contributed by atoms with Crippen molar-refractivity contribution < 1.29 is 19.1 Å². The van der Waals surface area contributed by atoms with E-state index in [-0.39, 0.29) is 30.8 Å². The van der Waals surface area contributed by atoms with Crippen LogP contribution in [-0.4, -0.2) is 40.5 Å². The number of carbonyl (C=O) groups is 3. The van der Waals surface area contributed by atoms with E-state index in [0.29, 0.717) is 6.42 Å². The number of carbonyl (C=O) groups excluding carboxylic acids is 3. The maximum Gasteiger partial charge on any atom is 0.408 e. The molecule has 248 valence electrons. The molecule has 0 saturated carbocycles. The van der Waals surface area contributed by atoms with Crippen molar-refractivity contribution in [1.29, 1.82) is 0 Å². The van der Waals surface area contributed by atoms with Crippen LogP contribution in [0.5, 0.6) is 0 Å². The number of nitrogens with zero attached hydrogens (tertiary/aromatic N) is 1. The van der Waals surface area contributed by atoms with Gasteiger partial charge in [-0.15, -0.1) is 0 Å². The molecule has 1 aliphatic heterocycles. The monoisotopic (exact) mass is 643 g/mol. The molecule has 7 nitrogen and oxygen atoms in total. The second kappa shape index (κ2) is 14.5. The Morgan fingerprint density at radius 3 is 2.15 bits per heavy atom. The number of aryl methyl sites for hydroxylation is 1. The molecule has 4 aromatic rings. The second-order valence-electron chi connectivity index (χ2n) is 14.0. The third-order valence-corrected chi connectivity index (χ3v) is 9.22. The summed E-state index contributed by atoms with van der Waals surface area (Å²) in [5, 5.41) is 6.17. The molecular formula is C41H45N3O4. The molecular weight excluding hydrogens is 598 g/mol. The van der Waals surface area contributed by atoms with Crippen LogP contribution in [0.25, 0.3) is 0 Å². The van der Waals surface area contributed by atoms with E-state index in [1.165, 1.54) is 11.1 Å². The van der Waals surface area contributed by atoms with Gasteiger partial charge in [0.25, 0.3) is 0 Å². The van der Waals surface area contributed by atoms with Crippen LogP contribution in [-0.2, 0) is 46.6 Å². The van der Waals surface area contributed by atoms with E-state index in [1.807, 2.05) is 66.7 Å². The Hall–Kier alpha value is -4.91. The van der Waals surface area contributed by atoms with Crippen LogP contribution < -0.4 is 10.6 Å². The number of benzene rings is 4. The third kappa shape index (κ3) is 8.14. The summed E-state index contributed by atoms with van der Waals surface area (Å²) in [4.78, 5) is 43.5. The van der Waals surface area contributed by atoms with E-state index in [1.54, 1.807) is 25.7 Å². The number of alkyl carbamates (subject to hydrolysis) is 1. The van der Waals surface area contributed by atoms with Crippen molar-refractivity contribution in [3.8, 4) is 0 Å². The predicted molar refractivity (Wildman–Crippen MR) is 187 cm³/mol. The van der Waals surface area contributed by atoms with E-state index in [2.05, 4.69) is 47.0 Å². The first-order valence-corrected chi connectivity index (χ1v) is 17.0. The number of fused-ring (bicyclic) bond motifs is 2. The van der Waals surface area contributed by atoms with E-state index in [0.717, 1.165) is 53.5 Å². The van der Waals surface area contributed by atoms with Gasteiger partial charge in [0.05, 0.1) is 6.04 Å². The molecule has 3 unspecified atom stereocenters. The van der Waals surface area contributed by atoms with Crippen molar-refractivity contribution in [2.75, 3.05) is 0 Å². The molecule has 3 atom stereocenters. The van der Waals surface area contributed by atoms with Gasteiger partial charge in [-0.1, -0.05) is 103 Å². The summed E-state index contributed by atoms with van der Waals surface area (Å²) < 4.78 is 5.59. The zero-order valence-corrected chi connectivity index (χ0v) is 28.1. The van der Waals surface area contributed by atoms with Crippen molar-refractivity contribution >= 4 is 17.9 Å². The van der Waals surface area contributed by atoms with Crippen molar-refractivity contribution in [2.45, 2.75) is 89.6 Å². The molecule has 0 aromatic heterocycles. The Morgan fingerprint density at radius 2 is 1.42 bits per heavy atom. The summed E-state index contributed by atoms with van der Waals surface area (Å²) in [7, 11) is 0. The number of ether oxygens (including phenoxy) is 1. The highest BCUT2D eigenvalue weighted by Gasteiger charge is 2.39. The fourth-order valence-electron chi connectivity index (χ4n) is 6.87. The minimum absolute atomic E-state index is 0.110. The predicted octanol–water partition coefficient (Wildman–Crippen LogP) is 6.86. The van der Waals surface area contributed by atoms with Crippen molar-refractivity contribution in [3.05, 3.63) is 142 Å². The summed E-state index contributed by atoms with van der Waals surface area (Å²) in [6, 6.07) is 32.9. The highest BCUT2D eigenvalue weighted by Crippen LogP contribution is 2.31. The zero-order chi connectivity index (χ0) is 33.7. The minimum atomic E-state index is -0.934. The molecule has 7 heteroatoms. The number of hydrogen-bond acceptors (Lipinski definition) is 4. The quantitative estimate of drug-likeness (QED) is 0.220. The minimum Gasteiger partial charge on any atom is -0.444 e. The number of amides is 3. The molecule has 2 N–H and O–H groups in total. The van der Waals surface area contributed by atoms with Crippen molar-refractivity contribution in [2.24, 2.45) is 0 Å². The average molecular weight is 644 g/mol. The first kappa shape index (κ1) is 33.0. The third-order valence-electron chi connectivity index (χ3n) is 9.22. The molecule has 4 aromatic carbocycles. The number of rotatable bonds is 8. The van der Waals surface area contributed by atoms with Crippen LogP contribution in [0.15, 0.2) is 103 Å². The van der Waals surface area contributed by atoms with Crippen LogP contribution in [0, 0.1) is 0 Å². The largest absolute Gasteiger partial charge is 0.444 e. The van der Waals surface area contributed by atoms with Gasteiger partial charge in [-0.25, -0.2) is 4.79 Å². The molecule has 0 bridgehead atoms. The van der Waals surface area contributed by atoms with E-state index < -0.39 is 23.8 Å². The SMILES string of the molecule is CC(C)(C)OC(=O)NC(Cc1ccc(Cc2ccccc2)cc1)C(=O)N1Cc2ccccc2CC1C(=O)NC1CCCc2ccccc21. The number of nitrogens with one attached hydrogen (secondary N) is 2. The van der Waals surface area contributed by atoms with Gasteiger partial charge in [0.1, 0.15) is 17.7 Å². The molecule has 6 rings (SSSR count). The first-order valence-electron chi connectivity index (χ1n) is 17.0. The Bertz CT molecular complexity index is 1750. The average Bonchev–Trinajstić information content (AvgIpc) is 3.07. The Balaban J connectivity index is 1.26. The Morgan fingerprint density at radius 1 is 0.792 bits per heavy atom. The summed E-state index contributed by atoms with van der Waals surface area (Å²) in [6.07, 6.45) is 3.62. The molecule has 0 radical (unpaired) electrons. The summed E-state index contributed by atoms with van der Waals surface area (Å²) in [6.45, 7) is 5.65. The lowest BCUT2D eigenvalue weighted by Gasteiger charge is -2.39. The highest BCUT2D eigenvalue weighted by molar-refractivity contribution is 5.92. The lowest BCUT2D eigenvalue weighted by Crippen LogP contribution is -2.58. The van der Waals surface area contributed by atoms with E-state index >= 15 is 0 Å². The van der Waals surface area contributed by atoms with Crippen molar-refractivity contribution in [1.82, 2.24) is 15.5 Å². The van der Waals surface area contributed by atoms with Crippen LogP contribution in [0.1, 0.15) is 78.6 Å². The van der Waals surface area contributed by atoms with Crippen LogP contribution in [0.3, 0.4) is 0 Å². The fourth-order valence-corrected chi connectivity index (χ4v) is 6.87. The molecule has 0 saturated heterocycles. The molecule has 1 heterocycles. The van der Waals surface area contributed by atoms with Gasteiger partial charge < -0.3 is 20.3 Å². The van der Waals surface area contributed by atoms with Gasteiger partial charge >= 0.3 is 6.09 Å². The molecule has 1 aliphatic carbocycles. The maximum absolute atomic E-state index is 14.6. The van der Waals surface area contributed by atoms with Gasteiger partial charge in [-0.3, -0.25) is 9.59 Å². The first-order chi connectivity index (χ1) is 23.1. The lowest BCUT2D eigenvalue weighted by atomic mass is 9.87. The zero-order valence-electron chi connectivity index (χ0n) is 28.1. The van der Waals surface area contributed by atoms with Gasteiger partial charge in [-0.2, -0.15) is 0 Å². The lowest BCUT2D eigenvalue weighted by molar-refractivity contribution is -0.143. The normalized spacial score (nSPS) is 17.8. The molecule has 0 fully saturated rings. The second-order valence-corrected chi connectivity index (χ2v) is 14.0. The van der Waals surface area contributed by atoms with Crippen molar-refractivity contribution in [3.63, 3.8) is 0 Å². The van der Waals surface area contributed by atoms with Gasteiger partial charge in [-0.05, 0) is 85.4 Å². The van der Waals surface area contributed by atoms with Crippen LogP contribution in [0.2, 0.25) is 0 Å². The Labute approximate surface area is 283 Å². The smallest absolute Gasteiger partial charge is 0.408 e. The van der Waals surface area contributed by atoms with E-state index in [4.69, 9.17) is 4.74 Å². The maximum atomic E-state index is 14.6. The van der Waals surface area contributed by atoms with Crippen LogP contribution in [0.4, 0.5) is 4.79 Å². The number of hydrogen-bond donors (Lipinski definition) is 2. The molecule has 0 spiro atoms. The summed E-state index contributed by atoms with van der Waals surface area (Å²) in [5.74, 6) is -0.492. The topological polar surface area (TPSA) is 87.7 Å². The molecule has 3 amide bonds. The van der Waals surface area contributed by atoms with Crippen LogP contribution >= 0.6 is 0 Å². The molecule has 2 aliphatic rings. The van der Waals surface area contributed by atoms with E-state index in [9.17, 15) is 14.4 Å². The highest BCUT2D eigenvalue weighted by atomic mass is 16.6. The summed E-state index contributed by atoms with van der Waals surface area (Å²) >= 11 is 0. The fraction of sp³-hybridized carbons (Fsp3) is 0.341. The van der Waals surface area contributed by atoms with Gasteiger partial charge in [0.15, 0.2) is 0 Å². The summed E-state index contributed by atoms with van der Waals surface area (Å²) in [5.41, 5.74) is 6.99. The molecule has 48 heavy (non-hydrogen) atoms. The standard InChI is InChI=1S/C41H45N3O4/c1-41(2,3)48-40(47)43-36(25-30-22-20-29(21-23-30)24-28-12-5-4-6-13-28)39(46)44-27-33-16-8-7-15-32(33)26-37(44)38(45)42-35-19-11-17-31-14-9-10-18-34(31)35/h4-10,12-16,18,20-23,35-37H,11,17,19,24-27H2,1-3H3,(H,42,45)(H,43,47).